The Morgan fingerprint density at radius 1 is 1.23 bits per heavy atom. The molecule has 0 unspecified atom stereocenters. The minimum absolute atomic E-state index is 0.390. The molecule has 68 valence electrons. The maximum Gasteiger partial charge on any atom is 0.201 e. The lowest BCUT2D eigenvalue weighted by Gasteiger charge is -1.99. The van der Waals surface area contributed by atoms with Crippen molar-refractivity contribution in [3.63, 3.8) is 0 Å². The lowest BCUT2D eigenvalue weighted by Crippen LogP contribution is -1.76. The topological polar surface area (TPSA) is 28.7 Å². The molecule has 2 rings (SSSR count). The van der Waals surface area contributed by atoms with Crippen molar-refractivity contribution < 1.29 is 0 Å². The molecule has 0 aliphatic heterocycles. The molecule has 0 bridgehead atoms. The number of nitrogens with one attached hydrogen (secondary N) is 1. The van der Waals surface area contributed by atoms with Crippen molar-refractivity contribution in [2.75, 3.05) is 0 Å². The van der Waals surface area contributed by atoms with Gasteiger partial charge < -0.3 is 4.98 Å². The number of imidazole rings is 1. The van der Waals surface area contributed by atoms with E-state index in [0.29, 0.717) is 5.28 Å². The van der Waals surface area contributed by atoms with E-state index in [1.54, 1.807) is 0 Å². The molecule has 0 spiro atoms. The first-order valence-corrected chi connectivity index (χ1v) is 6.04. The van der Waals surface area contributed by atoms with Crippen molar-refractivity contribution in [2.24, 2.45) is 0 Å². The number of hydrogen-bond acceptors (Lipinski definition) is 1. The normalized spacial score (nSPS) is 11.1. The van der Waals surface area contributed by atoms with E-state index in [2.05, 4.69) is 57.8 Å². The fourth-order valence-corrected chi connectivity index (χ4v) is 2.72. The van der Waals surface area contributed by atoms with E-state index < -0.39 is 0 Å². The third-order valence-electron chi connectivity index (χ3n) is 1.59. The molecule has 6 heteroatoms. The molecule has 0 aliphatic rings. The molecule has 1 aromatic carbocycles. The second kappa shape index (κ2) is 3.53. The lowest BCUT2D eigenvalue weighted by atomic mass is 10.3. The standard InChI is InChI=1S/C7H2Br3ClN2/c8-2-1-3-6(5(10)4(2)9)13-7(11)12-3/h1H,(H,12,13). The van der Waals surface area contributed by atoms with Gasteiger partial charge in [-0.25, -0.2) is 4.98 Å². The summed E-state index contributed by atoms with van der Waals surface area (Å²) in [4.78, 5) is 7.06. The molecule has 0 atom stereocenters. The molecule has 0 radical (unpaired) electrons. The largest absolute Gasteiger partial charge is 0.328 e. The van der Waals surface area contributed by atoms with Crippen molar-refractivity contribution in [1.29, 1.82) is 0 Å². The third-order valence-corrected chi connectivity index (χ3v) is 5.07. The van der Waals surface area contributed by atoms with Crippen molar-refractivity contribution in [1.82, 2.24) is 9.97 Å². The summed E-state index contributed by atoms with van der Waals surface area (Å²) in [6, 6.07) is 1.90. The predicted molar refractivity (Wildman–Crippen MR) is 64.2 cm³/mol. The van der Waals surface area contributed by atoms with Crippen LogP contribution in [0.25, 0.3) is 11.0 Å². The van der Waals surface area contributed by atoms with Crippen LogP contribution < -0.4 is 0 Å². The Bertz CT molecular complexity index is 480. The minimum atomic E-state index is 0.390. The summed E-state index contributed by atoms with van der Waals surface area (Å²) in [5.41, 5.74) is 1.71. The molecule has 1 N–H and O–H groups in total. The van der Waals surface area contributed by atoms with Gasteiger partial charge in [-0.1, -0.05) is 0 Å². The van der Waals surface area contributed by atoms with E-state index in [1.165, 1.54) is 0 Å². The number of fused-ring (bicyclic) bond motifs is 1. The van der Waals surface area contributed by atoms with E-state index in [-0.39, 0.29) is 0 Å². The van der Waals surface area contributed by atoms with Gasteiger partial charge >= 0.3 is 0 Å². The molecule has 13 heavy (non-hydrogen) atoms. The summed E-state index contributed by atoms with van der Waals surface area (Å²) in [7, 11) is 0. The van der Waals surface area contributed by atoms with Gasteiger partial charge in [-0.05, 0) is 65.5 Å². The second-order valence-corrected chi connectivity index (χ2v) is 5.21. The summed E-state index contributed by atoms with van der Waals surface area (Å²) in [6.45, 7) is 0. The van der Waals surface area contributed by atoms with E-state index in [0.717, 1.165) is 24.5 Å². The Morgan fingerprint density at radius 3 is 2.62 bits per heavy atom. The number of H-pyrrole nitrogens is 1. The van der Waals surface area contributed by atoms with E-state index in [4.69, 9.17) is 11.6 Å². The quantitative estimate of drug-likeness (QED) is 0.661. The van der Waals surface area contributed by atoms with Gasteiger partial charge in [-0.2, -0.15) is 0 Å². The summed E-state index contributed by atoms with van der Waals surface area (Å²) in [6.07, 6.45) is 0. The first-order valence-electron chi connectivity index (χ1n) is 3.28. The Morgan fingerprint density at radius 2 is 1.92 bits per heavy atom. The van der Waals surface area contributed by atoms with Crippen molar-refractivity contribution in [3.8, 4) is 0 Å². The molecule has 0 saturated heterocycles. The van der Waals surface area contributed by atoms with Gasteiger partial charge in [-0.3, -0.25) is 0 Å². The zero-order valence-corrected chi connectivity index (χ0v) is 11.6. The number of benzene rings is 1. The highest BCUT2D eigenvalue weighted by molar-refractivity contribution is 9.14. The SMILES string of the molecule is Clc1nc2cc(Br)c(Br)c(Br)c2[nH]1. The van der Waals surface area contributed by atoms with Gasteiger partial charge in [0.25, 0.3) is 0 Å². The molecule has 0 amide bonds. The second-order valence-electron chi connectivity index (χ2n) is 2.41. The number of halogens is 4. The van der Waals surface area contributed by atoms with Gasteiger partial charge in [0.2, 0.25) is 5.28 Å². The lowest BCUT2D eigenvalue weighted by molar-refractivity contribution is 1.34. The molecule has 2 nitrogen and oxygen atoms in total. The Kier molecular flexibility index (Phi) is 2.70. The van der Waals surface area contributed by atoms with E-state index >= 15 is 0 Å². The van der Waals surface area contributed by atoms with Crippen LogP contribution in [-0.2, 0) is 0 Å². The van der Waals surface area contributed by atoms with Gasteiger partial charge in [0.1, 0.15) is 0 Å². The maximum absolute atomic E-state index is 5.74. The fraction of sp³-hybridized carbons (Fsp3) is 0. The van der Waals surface area contributed by atoms with Crippen molar-refractivity contribution >= 4 is 70.4 Å². The fourth-order valence-electron chi connectivity index (χ4n) is 1.03. The van der Waals surface area contributed by atoms with Crippen LogP contribution in [0, 0.1) is 0 Å². The van der Waals surface area contributed by atoms with Crippen LogP contribution >= 0.6 is 59.4 Å². The van der Waals surface area contributed by atoms with Crippen LogP contribution in [0.4, 0.5) is 0 Å². The minimum Gasteiger partial charge on any atom is -0.328 e. The first-order chi connectivity index (χ1) is 6.09. The molecule has 2 aromatic rings. The molecule has 0 saturated carbocycles. The number of aromatic amines is 1. The van der Waals surface area contributed by atoms with Crippen molar-refractivity contribution in [3.05, 3.63) is 24.8 Å². The summed E-state index contributed by atoms with van der Waals surface area (Å²) < 4.78 is 2.80. The highest BCUT2D eigenvalue weighted by Gasteiger charge is 2.10. The van der Waals surface area contributed by atoms with Crippen LogP contribution in [0.2, 0.25) is 5.28 Å². The Labute approximate surface area is 104 Å². The molecular weight excluding hydrogens is 387 g/mol. The number of aromatic nitrogens is 2. The molecule has 1 aromatic heterocycles. The monoisotopic (exact) mass is 386 g/mol. The van der Waals surface area contributed by atoms with Gasteiger partial charge in [0.15, 0.2) is 0 Å². The molecule has 0 fully saturated rings. The highest BCUT2D eigenvalue weighted by atomic mass is 79.9. The summed E-state index contributed by atoms with van der Waals surface area (Å²) in [5, 5.41) is 0.390. The van der Waals surface area contributed by atoms with Gasteiger partial charge in [0.05, 0.1) is 15.5 Å². The van der Waals surface area contributed by atoms with Crippen LogP contribution in [0.15, 0.2) is 19.5 Å². The highest BCUT2D eigenvalue weighted by Crippen LogP contribution is 2.36. The molecular formula is C7H2Br3ClN2. The summed E-state index contributed by atoms with van der Waals surface area (Å²) >= 11 is 16.0. The Hall–Kier alpha value is 0.420. The molecule has 0 aliphatic carbocycles. The maximum atomic E-state index is 5.74. The summed E-state index contributed by atoms with van der Waals surface area (Å²) in [5.74, 6) is 0. The smallest absolute Gasteiger partial charge is 0.201 e. The van der Waals surface area contributed by atoms with Crippen LogP contribution in [0.3, 0.4) is 0 Å². The predicted octanol–water partition coefficient (Wildman–Crippen LogP) is 4.50. The van der Waals surface area contributed by atoms with Crippen LogP contribution in [-0.4, -0.2) is 9.97 Å². The number of nitrogens with zero attached hydrogens (tertiary/aromatic N) is 1. The van der Waals surface area contributed by atoms with E-state index in [9.17, 15) is 0 Å². The molecule has 1 heterocycles. The zero-order valence-electron chi connectivity index (χ0n) is 6.04. The third kappa shape index (κ3) is 1.67. The average Bonchev–Trinajstić information content (AvgIpc) is 2.42. The van der Waals surface area contributed by atoms with Crippen LogP contribution in [0.5, 0.6) is 0 Å². The first kappa shape index (κ1) is 9.96. The average molecular weight is 389 g/mol. The van der Waals surface area contributed by atoms with Gasteiger partial charge in [0, 0.05) is 8.95 Å². The van der Waals surface area contributed by atoms with Crippen molar-refractivity contribution in [2.45, 2.75) is 0 Å². The number of hydrogen-bond donors (Lipinski definition) is 1. The van der Waals surface area contributed by atoms with E-state index in [1.807, 2.05) is 6.07 Å². The Balaban J connectivity index is 2.92. The van der Waals surface area contributed by atoms with Crippen LogP contribution in [0.1, 0.15) is 0 Å². The zero-order chi connectivity index (χ0) is 9.59. The van der Waals surface area contributed by atoms with Gasteiger partial charge in [-0.15, -0.1) is 0 Å². The number of rotatable bonds is 0.